The highest BCUT2D eigenvalue weighted by Gasteiger charge is 2.32. The fraction of sp³-hybridized carbons (Fsp3) is 0.500. The molecule has 8 heteroatoms. The Kier molecular flexibility index (Phi) is 8.10. The van der Waals surface area contributed by atoms with Crippen molar-refractivity contribution in [3.05, 3.63) is 58.5 Å². The minimum Gasteiger partial charge on any atom is -0.481 e. The van der Waals surface area contributed by atoms with Crippen molar-refractivity contribution in [1.29, 1.82) is 0 Å². The number of aliphatic carboxylic acids is 1. The van der Waals surface area contributed by atoms with Crippen molar-refractivity contribution >= 4 is 11.8 Å². The monoisotopic (exact) mass is 452 g/mol. The number of nitrogens with one attached hydrogen (secondary N) is 1. The Hall–Kier alpha value is -2.64. The van der Waals surface area contributed by atoms with E-state index >= 15 is 0 Å². The summed E-state index contributed by atoms with van der Waals surface area (Å²) in [5.74, 6) is -1.77. The highest BCUT2D eigenvalue weighted by molar-refractivity contribution is 5.68. The highest BCUT2D eigenvalue weighted by atomic mass is 19.4. The van der Waals surface area contributed by atoms with Crippen LogP contribution in [-0.4, -0.2) is 22.6 Å². The molecule has 2 aromatic rings. The van der Waals surface area contributed by atoms with E-state index in [4.69, 9.17) is 5.11 Å². The van der Waals surface area contributed by atoms with Gasteiger partial charge < -0.3 is 10.4 Å². The Morgan fingerprint density at radius 3 is 2.66 bits per heavy atom. The minimum atomic E-state index is -4.60. The van der Waals surface area contributed by atoms with Crippen molar-refractivity contribution in [2.24, 2.45) is 0 Å². The number of nitrogens with zero attached hydrogens (tertiary/aromatic N) is 1. The maximum Gasteiger partial charge on any atom is 0.416 e. The molecule has 32 heavy (non-hydrogen) atoms. The quantitative estimate of drug-likeness (QED) is 0.326. The molecule has 1 aromatic carbocycles. The number of carbonyl (C=O) groups is 1. The molecule has 0 spiro atoms. The lowest BCUT2D eigenvalue weighted by atomic mass is 9.88. The lowest BCUT2D eigenvalue weighted by Crippen LogP contribution is -2.14. The van der Waals surface area contributed by atoms with Crippen molar-refractivity contribution in [2.45, 2.75) is 69.9 Å². The lowest BCUT2D eigenvalue weighted by molar-refractivity contribution is -0.138. The van der Waals surface area contributed by atoms with E-state index in [1.165, 1.54) is 5.56 Å². The molecule has 0 bridgehead atoms. The van der Waals surface area contributed by atoms with Crippen LogP contribution in [0.2, 0.25) is 0 Å². The first-order valence-corrected chi connectivity index (χ1v) is 11.0. The number of carboxylic acids is 1. The molecule has 174 valence electrons. The zero-order valence-electron chi connectivity index (χ0n) is 17.8. The van der Waals surface area contributed by atoms with Gasteiger partial charge in [0.15, 0.2) is 0 Å². The number of fused-ring (bicyclic) bond motifs is 1. The van der Waals surface area contributed by atoms with Gasteiger partial charge in [0.05, 0.1) is 12.0 Å². The lowest BCUT2D eigenvalue weighted by Gasteiger charge is -2.18. The first kappa shape index (κ1) is 24.0. The summed E-state index contributed by atoms with van der Waals surface area (Å²) >= 11 is 0. The van der Waals surface area contributed by atoms with Gasteiger partial charge in [-0.1, -0.05) is 25.3 Å². The van der Waals surface area contributed by atoms with Crippen LogP contribution in [0.5, 0.6) is 0 Å². The standard InChI is InChI=1S/C24H28F4N2O2/c25-21-12-10-18(24(26,27)28)15-20(21)17(14-22(31)32)6-3-1-2-4-8-19-11-9-16-7-5-13-29-23(16)30-19/h9-12,15,17H,1-8,13-14H2,(H,29,30)(H,31,32)/t17-/m0/s1. The van der Waals surface area contributed by atoms with Gasteiger partial charge in [-0.15, -0.1) is 0 Å². The third-order valence-corrected chi connectivity index (χ3v) is 5.87. The van der Waals surface area contributed by atoms with Crippen LogP contribution in [0.4, 0.5) is 23.4 Å². The van der Waals surface area contributed by atoms with Gasteiger partial charge in [-0.2, -0.15) is 13.2 Å². The van der Waals surface area contributed by atoms with Crippen molar-refractivity contribution < 1.29 is 27.5 Å². The summed E-state index contributed by atoms with van der Waals surface area (Å²) < 4.78 is 53.2. The number of aryl methyl sites for hydroxylation is 2. The van der Waals surface area contributed by atoms with E-state index < -0.39 is 35.9 Å². The predicted molar refractivity (Wildman–Crippen MR) is 114 cm³/mol. The average molecular weight is 452 g/mol. The van der Waals surface area contributed by atoms with E-state index in [0.717, 1.165) is 68.7 Å². The first-order valence-electron chi connectivity index (χ1n) is 11.0. The molecule has 0 saturated heterocycles. The van der Waals surface area contributed by atoms with Crippen LogP contribution in [0.15, 0.2) is 30.3 Å². The van der Waals surface area contributed by atoms with Gasteiger partial charge in [0.25, 0.3) is 0 Å². The second-order valence-corrected chi connectivity index (χ2v) is 8.32. The SMILES string of the molecule is O=C(O)C[C@H](CCCCCCc1ccc2c(n1)NCCC2)c1cc(C(F)(F)F)ccc1F. The van der Waals surface area contributed by atoms with E-state index in [-0.39, 0.29) is 5.56 Å². The molecule has 0 unspecified atom stereocenters. The van der Waals surface area contributed by atoms with Crippen molar-refractivity contribution in [2.75, 3.05) is 11.9 Å². The number of benzene rings is 1. The molecular weight excluding hydrogens is 424 g/mol. The summed E-state index contributed by atoms with van der Waals surface area (Å²) in [5, 5.41) is 12.5. The number of alkyl halides is 3. The topological polar surface area (TPSA) is 62.2 Å². The van der Waals surface area contributed by atoms with Crippen molar-refractivity contribution in [1.82, 2.24) is 4.98 Å². The molecule has 2 N–H and O–H groups in total. The normalized spacial score (nSPS) is 14.5. The van der Waals surface area contributed by atoms with Gasteiger partial charge in [0.1, 0.15) is 11.6 Å². The highest BCUT2D eigenvalue weighted by Crippen LogP contribution is 2.35. The number of hydrogen-bond donors (Lipinski definition) is 2. The second kappa shape index (κ2) is 10.8. The molecule has 0 amide bonds. The van der Waals surface area contributed by atoms with Gasteiger partial charge in [0, 0.05) is 12.2 Å². The van der Waals surface area contributed by atoms with Crippen LogP contribution in [0.3, 0.4) is 0 Å². The third kappa shape index (κ3) is 6.68. The van der Waals surface area contributed by atoms with E-state index in [1.807, 2.05) is 6.07 Å². The number of anilines is 1. The Morgan fingerprint density at radius 1 is 1.12 bits per heavy atom. The van der Waals surface area contributed by atoms with Crippen molar-refractivity contribution in [3.63, 3.8) is 0 Å². The molecule has 1 aromatic heterocycles. The number of halogens is 4. The molecule has 2 heterocycles. The van der Waals surface area contributed by atoms with E-state index in [2.05, 4.69) is 16.4 Å². The first-order chi connectivity index (χ1) is 15.2. The molecule has 0 fully saturated rings. The molecule has 0 aliphatic carbocycles. The summed E-state index contributed by atoms with van der Waals surface area (Å²) in [6.45, 7) is 0.938. The zero-order valence-corrected chi connectivity index (χ0v) is 17.8. The summed E-state index contributed by atoms with van der Waals surface area (Å²) in [7, 11) is 0. The molecule has 0 radical (unpaired) electrons. The fourth-order valence-electron chi connectivity index (χ4n) is 4.17. The number of unbranched alkanes of at least 4 members (excludes halogenated alkanes) is 3. The van der Waals surface area contributed by atoms with Gasteiger partial charge in [0.2, 0.25) is 0 Å². The summed E-state index contributed by atoms with van der Waals surface area (Å²) in [4.78, 5) is 15.9. The number of hydrogen-bond acceptors (Lipinski definition) is 3. The smallest absolute Gasteiger partial charge is 0.416 e. The molecule has 3 rings (SSSR count). The van der Waals surface area contributed by atoms with Gasteiger partial charge in [-0.3, -0.25) is 4.79 Å². The van der Waals surface area contributed by atoms with Crippen LogP contribution in [0.1, 0.15) is 73.2 Å². The molecule has 1 aliphatic heterocycles. The fourth-order valence-corrected chi connectivity index (χ4v) is 4.17. The third-order valence-electron chi connectivity index (χ3n) is 5.87. The number of rotatable bonds is 10. The molecule has 0 saturated carbocycles. The predicted octanol–water partition coefficient (Wildman–Crippen LogP) is 6.35. The Bertz CT molecular complexity index is 931. The summed E-state index contributed by atoms with van der Waals surface area (Å²) in [5.41, 5.74) is 1.13. The van der Waals surface area contributed by atoms with Crippen LogP contribution in [0, 0.1) is 5.82 Å². The molecular formula is C24H28F4N2O2. The molecule has 4 nitrogen and oxygen atoms in total. The van der Waals surface area contributed by atoms with E-state index in [1.54, 1.807) is 0 Å². The van der Waals surface area contributed by atoms with Crippen LogP contribution in [0.25, 0.3) is 0 Å². The maximum atomic E-state index is 14.2. The van der Waals surface area contributed by atoms with Gasteiger partial charge >= 0.3 is 12.1 Å². The molecule has 1 aliphatic rings. The molecule has 1 atom stereocenters. The van der Waals surface area contributed by atoms with E-state index in [0.29, 0.717) is 18.9 Å². The van der Waals surface area contributed by atoms with Crippen LogP contribution in [-0.2, 0) is 23.8 Å². The minimum absolute atomic E-state index is 0.173. The summed E-state index contributed by atoms with van der Waals surface area (Å²) in [6, 6.07) is 6.36. The summed E-state index contributed by atoms with van der Waals surface area (Å²) in [6.07, 6.45) is 1.51. The second-order valence-electron chi connectivity index (χ2n) is 8.32. The Labute approximate surface area is 185 Å². The Morgan fingerprint density at radius 2 is 1.91 bits per heavy atom. The maximum absolute atomic E-state index is 14.2. The zero-order chi connectivity index (χ0) is 23.1. The number of aromatic nitrogens is 1. The average Bonchev–Trinajstić information content (AvgIpc) is 2.74. The van der Waals surface area contributed by atoms with Crippen LogP contribution < -0.4 is 5.32 Å². The van der Waals surface area contributed by atoms with Gasteiger partial charge in [-0.25, -0.2) is 9.37 Å². The Balaban J connectivity index is 1.50. The van der Waals surface area contributed by atoms with Gasteiger partial charge in [-0.05, 0) is 73.4 Å². The number of carboxylic acid groups (broad SMARTS) is 1. The van der Waals surface area contributed by atoms with Crippen LogP contribution >= 0.6 is 0 Å². The van der Waals surface area contributed by atoms with Crippen molar-refractivity contribution in [3.8, 4) is 0 Å². The number of pyridine rings is 1. The largest absolute Gasteiger partial charge is 0.481 e. The van der Waals surface area contributed by atoms with E-state index in [9.17, 15) is 22.4 Å².